The molecule has 1 aliphatic rings. The lowest BCUT2D eigenvalue weighted by Crippen LogP contribution is -2.53. The van der Waals surface area contributed by atoms with Gasteiger partial charge in [-0.2, -0.15) is 0 Å². The molecule has 1 aromatic heterocycles. The van der Waals surface area contributed by atoms with Gasteiger partial charge in [0.25, 0.3) is 5.91 Å². The van der Waals surface area contributed by atoms with Crippen LogP contribution >= 0.6 is 11.3 Å². The Morgan fingerprint density at radius 1 is 1.14 bits per heavy atom. The number of nitrogens with one attached hydrogen (secondary N) is 2. The largest absolute Gasteiger partial charge is 0.353 e. The summed E-state index contributed by atoms with van der Waals surface area (Å²) in [6.45, 7) is 6.49. The van der Waals surface area contributed by atoms with Crippen molar-refractivity contribution in [3.8, 4) is 0 Å². The maximum atomic E-state index is 12.9. The third-order valence-electron chi connectivity index (χ3n) is 5.47. The van der Waals surface area contributed by atoms with Gasteiger partial charge in [0.15, 0.2) is 0 Å². The smallest absolute Gasteiger partial charge is 0.262 e. The minimum absolute atomic E-state index is 0.0192. The third-order valence-corrected chi connectivity index (χ3v) is 6.34. The Hall–Kier alpha value is -2.18. The predicted octanol–water partition coefficient (Wildman–Crippen LogP) is 3.67. The molecule has 6 heteroatoms. The lowest BCUT2D eigenvalue weighted by Gasteiger charge is -2.36. The zero-order valence-corrected chi connectivity index (χ0v) is 18.1. The standard InChI is InChI=1S/C23H31N3O2S/c1-17(2)21(25-22(27)20-12-8-14-29-20)23(28)24-15-19-11-6-7-13-26(19)16-18-9-4-3-5-10-18/h3-5,8-10,12,14,17,19,21H,6-7,11,13,15-16H2,1-2H3,(H,24,28)(H,25,27)/t19-,21-/m1/s1. The van der Waals surface area contributed by atoms with Crippen molar-refractivity contribution in [1.29, 1.82) is 0 Å². The summed E-state index contributed by atoms with van der Waals surface area (Å²) in [4.78, 5) is 28.3. The molecule has 0 saturated carbocycles. The van der Waals surface area contributed by atoms with Gasteiger partial charge in [0, 0.05) is 19.1 Å². The zero-order chi connectivity index (χ0) is 20.6. The van der Waals surface area contributed by atoms with E-state index in [1.54, 1.807) is 6.07 Å². The Kier molecular flexibility index (Phi) is 7.83. The summed E-state index contributed by atoms with van der Waals surface area (Å²) < 4.78 is 0. The summed E-state index contributed by atoms with van der Waals surface area (Å²) in [6, 6.07) is 13.9. The van der Waals surface area contributed by atoms with Crippen molar-refractivity contribution in [2.75, 3.05) is 13.1 Å². The zero-order valence-electron chi connectivity index (χ0n) is 17.3. The molecule has 156 valence electrons. The van der Waals surface area contributed by atoms with Crippen molar-refractivity contribution < 1.29 is 9.59 Å². The number of carbonyl (C=O) groups excluding carboxylic acids is 2. The van der Waals surface area contributed by atoms with Crippen molar-refractivity contribution in [1.82, 2.24) is 15.5 Å². The first-order valence-electron chi connectivity index (χ1n) is 10.4. The van der Waals surface area contributed by atoms with Crippen LogP contribution in [0, 0.1) is 5.92 Å². The molecule has 3 rings (SSSR count). The van der Waals surface area contributed by atoms with E-state index in [9.17, 15) is 9.59 Å². The lowest BCUT2D eigenvalue weighted by atomic mass is 10.00. The molecule has 2 aromatic rings. The minimum atomic E-state index is -0.532. The highest BCUT2D eigenvalue weighted by Gasteiger charge is 2.27. The fourth-order valence-corrected chi connectivity index (χ4v) is 4.43. The molecule has 0 aliphatic carbocycles. The second-order valence-electron chi connectivity index (χ2n) is 8.02. The van der Waals surface area contributed by atoms with Gasteiger partial charge in [-0.05, 0) is 42.3 Å². The first-order chi connectivity index (χ1) is 14.0. The van der Waals surface area contributed by atoms with E-state index in [-0.39, 0.29) is 17.7 Å². The normalized spacial score (nSPS) is 18.4. The number of rotatable bonds is 8. The van der Waals surface area contributed by atoms with Crippen LogP contribution in [0.5, 0.6) is 0 Å². The SMILES string of the molecule is CC(C)[C@@H](NC(=O)c1cccs1)C(=O)NC[C@H]1CCCCN1Cc1ccccc1. The van der Waals surface area contributed by atoms with Crippen LogP contribution in [0.3, 0.4) is 0 Å². The van der Waals surface area contributed by atoms with E-state index in [2.05, 4.69) is 39.8 Å². The second-order valence-corrected chi connectivity index (χ2v) is 8.97. The third kappa shape index (κ3) is 6.15. The summed E-state index contributed by atoms with van der Waals surface area (Å²) in [6.07, 6.45) is 3.47. The van der Waals surface area contributed by atoms with Crippen molar-refractivity contribution >= 4 is 23.2 Å². The average molecular weight is 414 g/mol. The topological polar surface area (TPSA) is 61.4 Å². The first-order valence-corrected chi connectivity index (χ1v) is 11.3. The molecule has 0 spiro atoms. The molecular weight excluding hydrogens is 382 g/mol. The van der Waals surface area contributed by atoms with E-state index in [0.717, 1.165) is 19.5 Å². The van der Waals surface area contributed by atoms with Crippen LogP contribution in [0.1, 0.15) is 48.3 Å². The fourth-order valence-electron chi connectivity index (χ4n) is 3.80. The second kappa shape index (κ2) is 10.6. The Morgan fingerprint density at radius 2 is 1.93 bits per heavy atom. The monoisotopic (exact) mass is 413 g/mol. The van der Waals surface area contributed by atoms with Gasteiger partial charge < -0.3 is 10.6 Å². The van der Waals surface area contributed by atoms with E-state index in [1.165, 1.54) is 29.7 Å². The molecule has 29 heavy (non-hydrogen) atoms. The Labute approximate surface area is 177 Å². The van der Waals surface area contributed by atoms with Gasteiger partial charge in [-0.15, -0.1) is 11.3 Å². The highest BCUT2D eigenvalue weighted by Crippen LogP contribution is 2.19. The van der Waals surface area contributed by atoms with Gasteiger partial charge in [-0.25, -0.2) is 0 Å². The maximum Gasteiger partial charge on any atom is 0.262 e. The predicted molar refractivity (Wildman–Crippen MR) is 118 cm³/mol. The van der Waals surface area contributed by atoms with E-state index in [0.29, 0.717) is 17.5 Å². The van der Waals surface area contributed by atoms with Crippen molar-refractivity contribution in [2.45, 2.75) is 51.7 Å². The number of hydrogen-bond donors (Lipinski definition) is 2. The van der Waals surface area contributed by atoms with Crippen LogP contribution in [0.2, 0.25) is 0 Å². The summed E-state index contributed by atoms with van der Waals surface area (Å²) in [7, 11) is 0. The number of carbonyl (C=O) groups is 2. The fraction of sp³-hybridized carbons (Fsp3) is 0.478. The van der Waals surface area contributed by atoms with Crippen molar-refractivity contribution in [3.05, 3.63) is 58.3 Å². The Morgan fingerprint density at radius 3 is 2.62 bits per heavy atom. The number of piperidine rings is 1. The number of amides is 2. The number of likely N-dealkylation sites (tertiary alicyclic amines) is 1. The Balaban J connectivity index is 1.56. The molecule has 1 aliphatic heterocycles. The molecule has 1 aromatic carbocycles. The van der Waals surface area contributed by atoms with Crippen LogP contribution in [-0.4, -0.2) is 41.9 Å². The summed E-state index contributed by atoms with van der Waals surface area (Å²) in [5.41, 5.74) is 1.30. The minimum Gasteiger partial charge on any atom is -0.353 e. The molecular formula is C23H31N3O2S. The van der Waals surface area contributed by atoms with Gasteiger partial charge >= 0.3 is 0 Å². The number of thiophene rings is 1. The van der Waals surface area contributed by atoms with E-state index in [4.69, 9.17) is 0 Å². The van der Waals surface area contributed by atoms with Crippen LogP contribution in [0.4, 0.5) is 0 Å². The molecule has 2 N–H and O–H groups in total. The van der Waals surface area contributed by atoms with E-state index >= 15 is 0 Å². The summed E-state index contributed by atoms with van der Waals surface area (Å²) in [5, 5.41) is 7.88. The summed E-state index contributed by atoms with van der Waals surface area (Å²) in [5.74, 6) is -0.266. The number of nitrogens with zero attached hydrogens (tertiary/aromatic N) is 1. The number of hydrogen-bond acceptors (Lipinski definition) is 4. The first kappa shape index (κ1) is 21.5. The van der Waals surface area contributed by atoms with Crippen molar-refractivity contribution in [2.24, 2.45) is 5.92 Å². The molecule has 0 radical (unpaired) electrons. The molecule has 0 bridgehead atoms. The quantitative estimate of drug-likeness (QED) is 0.694. The van der Waals surface area contributed by atoms with Gasteiger partial charge in [0.05, 0.1) is 4.88 Å². The van der Waals surface area contributed by atoms with Crippen LogP contribution in [0.25, 0.3) is 0 Å². The molecule has 2 atom stereocenters. The van der Waals surface area contributed by atoms with Crippen molar-refractivity contribution in [3.63, 3.8) is 0 Å². The van der Waals surface area contributed by atoms with Gasteiger partial charge in [0.1, 0.15) is 6.04 Å². The molecule has 0 unspecified atom stereocenters. The highest BCUT2D eigenvalue weighted by molar-refractivity contribution is 7.12. The molecule has 2 heterocycles. The van der Waals surface area contributed by atoms with E-state index in [1.807, 2.05) is 31.4 Å². The van der Waals surface area contributed by atoms with E-state index < -0.39 is 6.04 Å². The highest BCUT2D eigenvalue weighted by atomic mass is 32.1. The molecule has 1 fully saturated rings. The summed E-state index contributed by atoms with van der Waals surface area (Å²) >= 11 is 1.38. The van der Waals surface area contributed by atoms with Crippen LogP contribution in [-0.2, 0) is 11.3 Å². The van der Waals surface area contributed by atoms with Crippen LogP contribution < -0.4 is 10.6 Å². The molecule has 1 saturated heterocycles. The van der Waals surface area contributed by atoms with Gasteiger partial charge in [-0.3, -0.25) is 14.5 Å². The Bertz CT molecular complexity index is 777. The maximum absolute atomic E-state index is 12.9. The molecule has 2 amide bonds. The number of benzene rings is 1. The average Bonchev–Trinajstić information content (AvgIpc) is 3.26. The van der Waals surface area contributed by atoms with Gasteiger partial charge in [0.2, 0.25) is 5.91 Å². The van der Waals surface area contributed by atoms with Crippen LogP contribution in [0.15, 0.2) is 47.8 Å². The molecule has 5 nitrogen and oxygen atoms in total. The van der Waals surface area contributed by atoms with Gasteiger partial charge in [-0.1, -0.05) is 56.7 Å². The lowest BCUT2D eigenvalue weighted by molar-refractivity contribution is -0.124.